The maximum absolute atomic E-state index is 12.7. The lowest BCUT2D eigenvalue weighted by Crippen LogP contribution is -2.43. The molecule has 130 valence electrons. The fourth-order valence-electron chi connectivity index (χ4n) is 2.71. The van der Waals surface area contributed by atoms with Gasteiger partial charge in [-0.3, -0.25) is 4.79 Å². The maximum atomic E-state index is 12.7. The molecule has 0 bridgehead atoms. The van der Waals surface area contributed by atoms with E-state index >= 15 is 0 Å². The Kier molecular flexibility index (Phi) is 7.56. The number of ether oxygens (including phenoxy) is 2. The third-order valence-electron chi connectivity index (χ3n) is 3.84. The average Bonchev–Trinajstić information content (AvgIpc) is 2.49. The first-order valence-corrected chi connectivity index (χ1v) is 8.57. The van der Waals surface area contributed by atoms with Gasteiger partial charge < -0.3 is 14.8 Å². The van der Waals surface area contributed by atoms with Crippen molar-refractivity contribution in [3.8, 4) is 5.75 Å². The van der Waals surface area contributed by atoms with Crippen molar-refractivity contribution in [2.24, 2.45) is 0 Å². The molecular weight excluding hydrogens is 290 g/mol. The number of benzene rings is 1. The fourth-order valence-corrected chi connectivity index (χ4v) is 2.71. The Hall–Kier alpha value is -1.55. The number of amides is 1. The van der Waals surface area contributed by atoms with Crippen molar-refractivity contribution < 1.29 is 14.3 Å². The molecule has 4 heteroatoms. The second kappa shape index (κ2) is 8.92. The molecule has 1 aromatic rings. The van der Waals surface area contributed by atoms with Crippen molar-refractivity contribution in [3.05, 3.63) is 23.3 Å². The molecule has 1 rings (SSSR count). The summed E-state index contributed by atoms with van der Waals surface area (Å²) < 4.78 is 11.5. The molecule has 0 heterocycles. The highest BCUT2D eigenvalue weighted by Gasteiger charge is 2.33. The lowest BCUT2D eigenvalue weighted by Gasteiger charge is -2.28. The Balaban J connectivity index is 2.94. The molecule has 23 heavy (non-hydrogen) atoms. The molecule has 0 saturated heterocycles. The van der Waals surface area contributed by atoms with Crippen LogP contribution in [-0.4, -0.2) is 24.7 Å². The minimum atomic E-state index is -0.787. The van der Waals surface area contributed by atoms with Crippen LogP contribution in [0.1, 0.15) is 58.1 Å². The first-order chi connectivity index (χ1) is 10.9. The van der Waals surface area contributed by atoms with Crippen molar-refractivity contribution in [2.45, 2.75) is 66.4 Å². The SMILES string of the molecule is CCCO[C@@](C)(CCC)C(=O)Nc1cc(C)c(OCC)c(C)c1. The molecule has 1 atom stereocenters. The second-order valence-electron chi connectivity index (χ2n) is 6.16. The summed E-state index contributed by atoms with van der Waals surface area (Å²) >= 11 is 0. The van der Waals surface area contributed by atoms with E-state index in [1.165, 1.54) is 0 Å². The van der Waals surface area contributed by atoms with E-state index in [-0.39, 0.29) is 5.91 Å². The molecule has 0 fully saturated rings. The van der Waals surface area contributed by atoms with Crippen molar-refractivity contribution in [1.82, 2.24) is 0 Å². The molecule has 0 aliphatic heterocycles. The monoisotopic (exact) mass is 321 g/mol. The predicted molar refractivity (Wildman–Crippen MR) is 95.3 cm³/mol. The molecule has 0 aliphatic carbocycles. The van der Waals surface area contributed by atoms with E-state index < -0.39 is 5.60 Å². The molecule has 1 aromatic carbocycles. The van der Waals surface area contributed by atoms with Crippen molar-refractivity contribution in [1.29, 1.82) is 0 Å². The number of hydrogen-bond donors (Lipinski definition) is 1. The van der Waals surface area contributed by atoms with Gasteiger partial charge in [0.1, 0.15) is 11.4 Å². The number of nitrogens with one attached hydrogen (secondary N) is 1. The normalized spacial score (nSPS) is 13.5. The molecule has 0 saturated carbocycles. The number of carbonyl (C=O) groups is 1. The van der Waals surface area contributed by atoms with E-state index in [0.717, 1.165) is 35.4 Å². The van der Waals surface area contributed by atoms with Gasteiger partial charge in [0.05, 0.1) is 6.61 Å². The summed E-state index contributed by atoms with van der Waals surface area (Å²) in [7, 11) is 0. The van der Waals surface area contributed by atoms with Gasteiger partial charge >= 0.3 is 0 Å². The first kappa shape index (κ1) is 19.5. The number of carbonyl (C=O) groups excluding carboxylic acids is 1. The summed E-state index contributed by atoms with van der Waals surface area (Å²) in [5.41, 5.74) is 2.05. The van der Waals surface area contributed by atoms with E-state index in [2.05, 4.69) is 12.2 Å². The Morgan fingerprint density at radius 3 is 2.22 bits per heavy atom. The highest BCUT2D eigenvalue weighted by atomic mass is 16.5. The topological polar surface area (TPSA) is 47.6 Å². The number of rotatable bonds is 9. The third-order valence-corrected chi connectivity index (χ3v) is 3.84. The summed E-state index contributed by atoms with van der Waals surface area (Å²) in [5.74, 6) is 0.805. The number of hydrogen-bond acceptors (Lipinski definition) is 3. The molecule has 4 nitrogen and oxygen atoms in total. The molecule has 1 amide bonds. The third kappa shape index (κ3) is 5.24. The molecule has 0 radical (unpaired) electrons. The second-order valence-corrected chi connectivity index (χ2v) is 6.16. The van der Waals surface area contributed by atoms with E-state index in [1.54, 1.807) is 0 Å². The quantitative estimate of drug-likeness (QED) is 0.721. The predicted octanol–water partition coefficient (Wildman–Crippen LogP) is 4.63. The van der Waals surface area contributed by atoms with Gasteiger partial charge in [-0.05, 0) is 63.8 Å². The van der Waals surface area contributed by atoms with Gasteiger partial charge in [-0.2, -0.15) is 0 Å². The standard InChI is InChI=1S/C19H31NO3/c1-7-10-19(6,23-11-8-2)18(21)20-16-12-14(4)17(22-9-3)15(5)13-16/h12-13H,7-11H2,1-6H3,(H,20,21)/t19-/m0/s1. The van der Waals surface area contributed by atoms with Gasteiger partial charge in [0, 0.05) is 12.3 Å². The van der Waals surface area contributed by atoms with Crippen LogP contribution in [0.5, 0.6) is 5.75 Å². The minimum absolute atomic E-state index is 0.0873. The minimum Gasteiger partial charge on any atom is -0.493 e. The molecular formula is C19H31NO3. The van der Waals surface area contributed by atoms with Gasteiger partial charge in [-0.25, -0.2) is 0 Å². The van der Waals surface area contributed by atoms with Crippen molar-refractivity contribution in [3.63, 3.8) is 0 Å². The largest absolute Gasteiger partial charge is 0.493 e. The molecule has 0 aliphatic rings. The first-order valence-electron chi connectivity index (χ1n) is 8.57. The average molecular weight is 321 g/mol. The van der Waals surface area contributed by atoms with Gasteiger partial charge in [0.15, 0.2) is 0 Å². The smallest absolute Gasteiger partial charge is 0.256 e. The van der Waals surface area contributed by atoms with E-state index in [0.29, 0.717) is 19.6 Å². The van der Waals surface area contributed by atoms with E-state index in [9.17, 15) is 4.79 Å². The van der Waals surface area contributed by atoms with E-state index in [1.807, 2.05) is 46.8 Å². The summed E-state index contributed by atoms with van der Waals surface area (Å²) in [4.78, 5) is 12.7. The van der Waals surface area contributed by atoms with Crippen LogP contribution in [0.4, 0.5) is 5.69 Å². The van der Waals surface area contributed by atoms with Gasteiger partial charge in [0.2, 0.25) is 0 Å². The number of aryl methyl sites for hydroxylation is 2. The lowest BCUT2D eigenvalue weighted by molar-refractivity contribution is -0.140. The summed E-state index contributed by atoms with van der Waals surface area (Å²) in [6, 6.07) is 3.89. The Morgan fingerprint density at radius 2 is 1.74 bits per heavy atom. The highest BCUT2D eigenvalue weighted by Crippen LogP contribution is 2.28. The van der Waals surface area contributed by atoms with Crippen LogP contribution in [0, 0.1) is 13.8 Å². The maximum Gasteiger partial charge on any atom is 0.256 e. The molecule has 0 spiro atoms. The lowest BCUT2D eigenvalue weighted by atomic mass is 9.98. The van der Waals surface area contributed by atoms with Crippen LogP contribution in [-0.2, 0) is 9.53 Å². The Labute approximate surface area is 140 Å². The number of anilines is 1. The summed E-state index contributed by atoms with van der Waals surface area (Å²) in [6.45, 7) is 13.2. The summed E-state index contributed by atoms with van der Waals surface area (Å²) in [6.07, 6.45) is 2.50. The van der Waals surface area contributed by atoms with Crippen LogP contribution in [0.15, 0.2) is 12.1 Å². The van der Waals surface area contributed by atoms with Crippen LogP contribution in [0.2, 0.25) is 0 Å². The zero-order chi connectivity index (χ0) is 17.5. The zero-order valence-corrected chi connectivity index (χ0v) is 15.4. The molecule has 0 aromatic heterocycles. The Morgan fingerprint density at radius 1 is 1.13 bits per heavy atom. The van der Waals surface area contributed by atoms with Crippen LogP contribution in [0.25, 0.3) is 0 Å². The van der Waals surface area contributed by atoms with Crippen LogP contribution < -0.4 is 10.1 Å². The van der Waals surface area contributed by atoms with Crippen molar-refractivity contribution in [2.75, 3.05) is 18.5 Å². The zero-order valence-electron chi connectivity index (χ0n) is 15.4. The molecule has 0 unspecified atom stereocenters. The fraction of sp³-hybridized carbons (Fsp3) is 0.632. The Bertz CT molecular complexity index is 504. The van der Waals surface area contributed by atoms with Crippen molar-refractivity contribution >= 4 is 11.6 Å². The molecule has 1 N–H and O–H groups in total. The van der Waals surface area contributed by atoms with Crippen LogP contribution >= 0.6 is 0 Å². The van der Waals surface area contributed by atoms with E-state index in [4.69, 9.17) is 9.47 Å². The summed E-state index contributed by atoms with van der Waals surface area (Å²) in [5, 5.41) is 3.01. The van der Waals surface area contributed by atoms with Gasteiger partial charge in [0.25, 0.3) is 5.91 Å². The van der Waals surface area contributed by atoms with Gasteiger partial charge in [-0.15, -0.1) is 0 Å². The van der Waals surface area contributed by atoms with Crippen LogP contribution in [0.3, 0.4) is 0 Å². The highest BCUT2D eigenvalue weighted by molar-refractivity contribution is 5.97. The van der Waals surface area contributed by atoms with Gasteiger partial charge in [-0.1, -0.05) is 20.3 Å².